The number of hydrogen-bond donors (Lipinski definition) is 3. The van der Waals surface area contributed by atoms with Crippen LogP contribution in [-0.4, -0.2) is 27.6 Å². The van der Waals surface area contributed by atoms with E-state index in [1.807, 2.05) is 19.1 Å². The molecule has 0 aliphatic carbocycles. The molecule has 2 aromatic heterocycles. The highest BCUT2D eigenvalue weighted by Crippen LogP contribution is 2.15. The maximum atomic E-state index is 8.97. The standard InChI is InChI=1S/C10H12N4O/c1-2-11-10(14-15)8-6-13-9-7(8)4-3-5-12-9/h3-6,15H,2H2,1H3,(H,11,14)(H,12,13). The maximum absolute atomic E-state index is 8.97. The number of aromatic amines is 1. The molecule has 0 amide bonds. The highest BCUT2D eigenvalue weighted by atomic mass is 16.5. The third-order valence-corrected chi connectivity index (χ3v) is 2.13. The van der Waals surface area contributed by atoms with Gasteiger partial charge in [0.05, 0.1) is 0 Å². The molecule has 5 heteroatoms. The van der Waals surface area contributed by atoms with Crippen LogP contribution in [0.4, 0.5) is 0 Å². The monoisotopic (exact) mass is 204 g/mol. The largest absolute Gasteiger partial charge is 0.345 e. The fourth-order valence-electron chi connectivity index (χ4n) is 1.49. The zero-order valence-corrected chi connectivity index (χ0v) is 8.36. The van der Waals surface area contributed by atoms with Gasteiger partial charge in [-0.15, -0.1) is 0 Å². The van der Waals surface area contributed by atoms with E-state index in [-0.39, 0.29) is 0 Å². The summed E-state index contributed by atoms with van der Waals surface area (Å²) in [4.78, 5) is 11.3. The van der Waals surface area contributed by atoms with Gasteiger partial charge in [0, 0.05) is 29.9 Å². The van der Waals surface area contributed by atoms with Crippen molar-refractivity contribution in [3.8, 4) is 0 Å². The molecule has 0 aliphatic heterocycles. The van der Waals surface area contributed by atoms with Gasteiger partial charge in [-0.3, -0.25) is 15.7 Å². The zero-order chi connectivity index (χ0) is 10.7. The quantitative estimate of drug-likeness (QED) is 0.392. The molecule has 3 N–H and O–H groups in total. The molecule has 15 heavy (non-hydrogen) atoms. The highest BCUT2D eigenvalue weighted by Gasteiger charge is 2.08. The number of aromatic nitrogens is 2. The number of H-pyrrole nitrogens is 1. The van der Waals surface area contributed by atoms with Crippen LogP contribution in [0.1, 0.15) is 12.5 Å². The number of pyridine rings is 1. The molecule has 0 saturated heterocycles. The SMILES string of the molecule is CCN=C(NO)c1c[nH]c2ncccc12. The Labute approximate surface area is 86.8 Å². The zero-order valence-electron chi connectivity index (χ0n) is 8.36. The second kappa shape index (κ2) is 4.10. The number of fused-ring (bicyclic) bond motifs is 1. The third-order valence-electron chi connectivity index (χ3n) is 2.13. The highest BCUT2D eigenvalue weighted by molar-refractivity contribution is 6.08. The van der Waals surface area contributed by atoms with Crippen LogP contribution in [0.15, 0.2) is 29.5 Å². The average molecular weight is 204 g/mol. The van der Waals surface area contributed by atoms with E-state index in [2.05, 4.69) is 20.4 Å². The number of aliphatic imine (C=N–C) groups is 1. The van der Waals surface area contributed by atoms with Gasteiger partial charge in [0.15, 0.2) is 5.84 Å². The van der Waals surface area contributed by atoms with E-state index in [0.29, 0.717) is 12.4 Å². The Morgan fingerprint density at radius 3 is 3.27 bits per heavy atom. The number of nitrogens with one attached hydrogen (secondary N) is 2. The summed E-state index contributed by atoms with van der Waals surface area (Å²) < 4.78 is 0. The van der Waals surface area contributed by atoms with Crippen molar-refractivity contribution in [1.82, 2.24) is 15.4 Å². The van der Waals surface area contributed by atoms with Crippen molar-refractivity contribution in [2.24, 2.45) is 4.99 Å². The smallest absolute Gasteiger partial charge is 0.154 e. The second-order valence-corrected chi connectivity index (χ2v) is 3.04. The van der Waals surface area contributed by atoms with E-state index in [0.717, 1.165) is 16.6 Å². The van der Waals surface area contributed by atoms with Gasteiger partial charge >= 0.3 is 0 Å². The minimum atomic E-state index is 0.455. The Morgan fingerprint density at radius 1 is 1.67 bits per heavy atom. The molecule has 0 bridgehead atoms. The first-order valence-electron chi connectivity index (χ1n) is 4.74. The van der Waals surface area contributed by atoms with E-state index in [1.165, 1.54) is 0 Å². The van der Waals surface area contributed by atoms with Crippen LogP contribution in [0, 0.1) is 0 Å². The van der Waals surface area contributed by atoms with Crippen LogP contribution in [0.2, 0.25) is 0 Å². The van der Waals surface area contributed by atoms with E-state index < -0.39 is 0 Å². The van der Waals surface area contributed by atoms with Crippen LogP contribution < -0.4 is 5.48 Å². The summed E-state index contributed by atoms with van der Waals surface area (Å²) >= 11 is 0. The summed E-state index contributed by atoms with van der Waals surface area (Å²) in [5.41, 5.74) is 3.71. The number of nitrogens with zero attached hydrogens (tertiary/aromatic N) is 2. The summed E-state index contributed by atoms with van der Waals surface area (Å²) in [6.07, 6.45) is 3.49. The first-order chi connectivity index (χ1) is 7.36. The Kier molecular flexibility index (Phi) is 2.64. The maximum Gasteiger partial charge on any atom is 0.154 e. The van der Waals surface area contributed by atoms with Crippen LogP contribution in [-0.2, 0) is 0 Å². The molecule has 2 rings (SSSR count). The van der Waals surface area contributed by atoms with Gasteiger partial charge in [0.2, 0.25) is 0 Å². The molecular weight excluding hydrogens is 192 g/mol. The molecule has 0 spiro atoms. The van der Waals surface area contributed by atoms with Gasteiger partial charge in [0.1, 0.15) is 5.65 Å². The molecule has 0 saturated carbocycles. The lowest BCUT2D eigenvalue weighted by molar-refractivity contribution is 0.235. The molecule has 0 unspecified atom stereocenters. The van der Waals surface area contributed by atoms with E-state index in [9.17, 15) is 0 Å². The fourth-order valence-corrected chi connectivity index (χ4v) is 1.49. The lowest BCUT2D eigenvalue weighted by Crippen LogP contribution is -2.20. The predicted molar refractivity (Wildman–Crippen MR) is 58.1 cm³/mol. The Morgan fingerprint density at radius 2 is 2.53 bits per heavy atom. The summed E-state index contributed by atoms with van der Waals surface area (Å²) in [6.45, 7) is 2.51. The lowest BCUT2D eigenvalue weighted by Gasteiger charge is -2.01. The van der Waals surface area contributed by atoms with Crippen LogP contribution in [0.25, 0.3) is 11.0 Å². The molecule has 0 fully saturated rings. The lowest BCUT2D eigenvalue weighted by atomic mass is 10.2. The van der Waals surface area contributed by atoms with Crippen LogP contribution >= 0.6 is 0 Å². The minimum absolute atomic E-state index is 0.455. The van der Waals surface area contributed by atoms with Crippen molar-refractivity contribution in [2.45, 2.75) is 6.92 Å². The van der Waals surface area contributed by atoms with Gasteiger partial charge < -0.3 is 4.98 Å². The minimum Gasteiger partial charge on any atom is -0.345 e. The number of rotatable bonds is 2. The van der Waals surface area contributed by atoms with Crippen molar-refractivity contribution < 1.29 is 5.21 Å². The molecule has 5 nitrogen and oxygen atoms in total. The summed E-state index contributed by atoms with van der Waals surface area (Å²) in [5.74, 6) is 0.455. The first-order valence-corrected chi connectivity index (χ1v) is 4.74. The molecule has 78 valence electrons. The Hall–Kier alpha value is -1.88. The molecule has 0 aliphatic rings. The van der Waals surface area contributed by atoms with Crippen molar-refractivity contribution in [1.29, 1.82) is 0 Å². The van der Waals surface area contributed by atoms with Gasteiger partial charge in [0.25, 0.3) is 0 Å². The topological polar surface area (TPSA) is 73.3 Å². The Balaban J connectivity index is 2.56. The van der Waals surface area contributed by atoms with Gasteiger partial charge in [-0.2, -0.15) is 0 Å². The molecule has 0 radical (unpaired) electrons. The number of amidine groups is 1. The van der Waals surface area contributed by atoms with Gasteiger partial charge in [-0.05, 0) is 19.1 Å². The van der Waals surface area contributed by atoms with Crippen molar-refractivity contribution in [2.75, 3.05) is 6.54 Å². The summed E-state index contributed by atoms with van der Waals surface area (Å²) in [7, 11) is 0. The average Bonchev–Trinajstić information content (AvgIpc) is 2.70. The van der Waals surface area contributed by atoms with E-state index in [1.54, 1.807) is 12.4 Å². The number of hydrogen-bond acceptors (Lipinski definition) is 3. The Bertz CT molecular complexity index is 489. The van der Waals surface area contributed by atoms with Crippen LogP contribution in [0.5, 0.6) is 0 Å². The molecule has 2 heterocycles. The predicted octanol–water partition coefficient (Wildman–Crippen LogP) is 1.31. The number of hydroxylamine groups is 1. The molecule has 0 atom stereocenters. The van der Waals surface area contributed by atoms with Gasteiger partial charge in [-0.25, -0.2) is 4.98 Å². The van der Waals surface area contributed by atoms with Crippen LogP contribution in [0.3, 0.4) is 0 Å². The van der Waals surface area contributed by atoms with Gasteiger partial charge in [-0.1, -0.05) is 0 Å². The molecule has 0 aromatic carbocycles. The molecular formula is C10H12N4O. The first kappa shape index (κ1) is 9.67. The molecule has 2 aromatic rings. The van der Waals surface area contributed by atoms with Crippen molar-refractivity contribution >= 4 is 16.9 Å². The van der Waals surface area contributed by atoms with Crippen molar-refractivity contribution in [3.63, 3.8) is 0 Å². The summed E-state index contributed by atoms with van der Waals surface area (Å²) in [6, 6.07) is 3.78. The van der Waals surface area contributed by atoms with Crippen molar-refractivity contribution in [3.05, 3.63) is 30.1 Å². The van der Waals surface area contributed by atoms with E-state index in [4.69, 9.17) is 5.21 Å². The van der Waals surface area contributed by atoms with E-state index >= 15 is 0 Å². The third kappa shape index (κ3) is 1.69. The summed E-state index contributed by atoms with van der Waals surface area (Å²) in [5, 5.41) is 9.91. The second-order valence-electron chi connectivity index (χ2n) is 3.04. The fraction of sp³-hybridized carbons (Fsp3) is 0.200. The normalized spacial score (nSPS) is 12.0.